The first-order chi connectivity index (χ1) is 11.2. The molecule has 0 saturated carbocycles. The zero-order valence-electron chi connectivity index (χ0n) is 13.4. The van der Waals surface area contributed by atoms with Crippen molar-refractivity contribution in [2.24, 2.45) is 0 Å². The molecule has 2 aromatic rings. The summed E-state index contributed by atoms with van der Waals surface area (Å²) in [6, 6.07) is 11.9. The summed E-state index contributed by atoms with van der Waals surface area (Å²) < 4.78 is 5.62. The number of amides is 1. The van der Waals surface area contributed by atoms with Crippen molar-refractivity contribution in [3.05, 3.63) is 53.7 Å². The number of hydrogen-bond acceptors (Lipinski definition) is 3. The Morgan fingerprint density at radius 3 is 2.91 bits per heavy atom. The molecule has 1 aromatic carbocycles. The third-order valence-corrected chi connectivity index (χ3v) is 4.10. The number of ether oxygens (including phenoxy) is 1. The van der Waals surface area contributed by atoms with Gasteiger partial charge in [-0.1, -0.05) is 23.8 Å². The van der Waals surface area contributed by atoms with E-state index in [0.29, 0.717) is 12.1 Å². The minimum atomic E-state index is -0.0949. The molecule has 2 heterocycles. The van der Waals surface area contributed by atoms with E-state index in [4.69, 9.17) is 4.74 Å². The summed E-state index contributed by atoms with van der Waals surface area (Å²) in [5.74, 6) is -0.0949. The molecule has 1 N–H and O–H groups in total. The van der Waals surface area contributed by atoms with Crippen molar-refractivity contribution in [2.75, 3.05) is 13.2 Å². The molecule has 3 rings (SSSR count). The number of pyridine rings is 1. The molecule has 1 aliphatic heterocycles. The molecule has 1 atom stereocenters. The summed E-state index contributed by atoms with van der Waals surface area (Å²) in [5, 5.41) is 2.93. The van der Waals surface area contributed by atoms with Gasteiger partial charge in [-0.05, 0) is 44.4 Å². The lowest BCUT2D eigenvalue weighted by atomic mass is 10.1. The van der Waals surface area contributed by atoms with Gasteiger partial charge in [-0.3, -0.25) is 9.78 Å². The lowest BCUT2D eigenvalue weighted by Gasteiger charge is -2.22. The lowest BCUT2D eigenvalue weighted by Crippen LogP contribution is -2.35. The lowest BCUT2D eigenvalue weighted by molar-refractivity contribution is 0.0169. The molecule has 4 nitrogen and oxygen atoms in total. The molecule has 1 unspecified atom stereocenters. The Labute approximate surface area is 136 Å². The first-order valence-electron chi connectivity index (χ1n) is 8.15. The molecule has 1 amide bonds. The van der Waals surface area contributed by atoms with Crippen LogP contribution >= 0.6 is 0 Å². The van der Waals surface area contributed by atoms with Gasteiger partial charge < -0.3 is 10.1 Å². The molecule has 23 heavy (non-hydrogen) atoms. The van der Waals surface area contributed by atoms with Crippen LogP contribution in [0.4, 0.5) is 0 Å². The van der Waals surface area contributed by atoms with Gasteiger partial charge in [0.05, 0.1) is 17.4 Å². The van der Waals surface area contributed by atoms with E-state index >= 15 is 0 Å². The summed E-state index contributed by atoms with van der Waals surface area (Å²) >= 11 is 0. The maximum Gasteiger partial charge on any atom is 0.252 e. The Morgan fingerprint density at radius 1 is 1.30 bits per heavy atom. The summed E-state index contributed by atoms with van der Waals surface area (Å²) in [4.78, 5) is 16.6. The average molecular weight is 310 g/mol. The third-order valence-electron chi connectivity index (χ3n) is 4.10. The van der Waals surface area contributed by atoms with E-state index in [-0.39, 0.29) is 12.0 Å². The fourth-order valence-electron chi connectivity index (χ4n) is 2.78. The van der Waals surface area contributed by atoms with Gasteiger partial charge in [0.15, 0.2) is 0 Å². The van der Waals surface area contributed by atoms with Crippen molar-refractivity contribution in [2.45, 2.75) is 32.3 Å². The van der Waals surface area contributed by atoms with Gasteiger partial charge >= 0.3 is 0 Å². The van der Waals surface area contributed by atoms with E-state index in [1.165, 1.54) is 12.0 Å². The second-order valence-corrected chi connectivity index (χ2v) is 6.00. The third kappa shape index (κ3) is 4.17. The highest BCUT2D eigenvalue weighted by Crippen LogP contribution is 2.18. The number of carbonyl (C=O) groups is 1. The molecular formula is C19H22N2O2. The highest BCUT2D eigenvalue weighted by Gasteiger charge is 2.15. The van der Waals surface area contributed by atoms with Gasteiger partial charge in [-0.25, -0.2) is 0 Å². The highest BCUT2D eigenvalue weighted by molar-refractivity contribution is 5.94. The average Bonchev–Trinajstić information content (AvgIpc) is 2.61. The van der Waals surface area contributed by atoms with Gasteiger partial charge in [0.1, 0.15) is 0 Å². The predicted octanol–water partition coefficient (Wildman–Crippen LogP) is 3.36. The molecule has 1 aliphatic rings. The van der Waals surface area contributed by atoms with E-state index < -0.39 is 0 Å². The summed E-state index contributed by atoms with van der Waals surface area (Å²) in [5.41, 5.74) is 3.71. The van der Waals surface area contributed by atoms with Crippen LogP contribution in [-0.4, -0.2) is 30.1 Å². The molecule has 1 saturated heterocycles. The fraction of sp³-hybridized carbons (Fsp3) is 0.368. The Morgan fingerprint density at radius 2 is 2.22 bits per heavy atom. The van der Waals surface area contributed by atoms with Crippen LogP contribution in [0.2, 0.25) is 0 Å². The van der Waals surface area contributed by atoms with E-state index in [1.807, 2.05) is 24.3 Å². The van der Waals surface area contributed by atoms with Crippen LogP contribution in [0.1, 0.15) is 35.2 Å². The van der Waals surface area contributed by atoms with E-state index in [9.17, 15) is 4.79 Å². The topological polar surface area (TPSA) is 51.2 Å². The molecule has 0 bridgehead atoms. The number of benzene rings is 1. The summed E-state index contributed by atoms with van der Waals surface area (Å²) in [6.07, 6.45) is 5.09. The number of carbonyl (C=O) groups excluding carboxylic acids is 1. The van der Waals surface area contributed by atoms with Gasteiger partial charge in [0.25, 0.3) is 5.91 Å². The van der Waals surface area contributed by atoms with Gasteiger partial charge in [-0.15, -0.1) is 0 Å². The number of aryl methyl sites for hydroxylation is 1. The van der Waals surface area contributed by atoms with Crippen LogP contribution in [0.3, 0.4) is 0 Å². The second kappa shape index (κ2) is 7.38. The summed E-state index contributed by atoms with van der Waals surface area (Å²) in [7, 11) is 0. The molecule has 1 fully saturated rings. The van der Waals surface area contributed by atoms with Crippen molar-refractivity contribution in [1.29, 1.82) is 0 Å². The number of nitrogens with zero attached hydrogens (tertiary/aromatic N) is 1. The van der Waals surface area contributed by atoms with Crippen molar-refractivity contribution < 1.29 is 9.53 Å². The standard InChI is InChI=1S/C19H22N2O2/c1-14-5-4-6-15(11-14)18-9-8-16(12-20-18)19(22)21-13-17-7-2-3-10-23-17/h4-6,8-9,11-12,17H,2-3,7,10,13H2,1H3,(H,21,22). The number of hydrogen-bond donors (Lipinski definition) is 1. The van der Waals surface area contributed by atoms with Crippen molar-refractivity contribution in [3.63, 3.8) is 0 Å². The Balaban J connectivity index is 1.61. The quantitative estimate of drug-likeness (QED) is 0.942. The maximum atomic E-state index is 12.2. The molecule has 1 aromatic heterocycles. The maximum absolute atomic E-state index is 12.2. The fourth-order valence-corrected chi connectivity index (χ4v) is 2.78. The van der Waals surface area contributed by atoms with Crippen LogP contribution in [-0.2, 0) is 4.74 Å². The number of rotatable bonds is 4. The monoisotopic (exact) mass is 310 g/mol. The van der Waals surface area contributed by atoms with Crippen LogP contribution in [0.15, 0.2) is 42.6 Å². The molecule has 0 radical (unpaired) electrons. The van der Waals surface area contributed by atoms with Crippen molar-refractivity contribution in [3.8, 4) is 11.3 Å². The van der Waals surface area contributed by atoms with E-state index in [0.717, 1.165) is 30.7 Å². The van der Waals surface area contributed by atoms with Crippen molar-refractivity contribution >= 4 is 5.91 Å². The zero-order chi connectivity index (χ0) is 16.1. The van der Waals surface area contributed by atoms with Gasteiger partial charge in [0.2, 0.25) is 0 Å². The molecule has 4 heteroatoms. The zero-order valence-corrected chi connectivity index (χ0v) is 13.4. The normalized spacial score (nSPS) is 17.7. The minimum absolute atomic E-state index is 0.0949. The van der Waals surface area contributed by atoms with E-state index in [2.05, 4.69) is 29.4 Å². The largest absolute Gasteiger partial charge is 0.376 e. The number of aromatic nitrogens is 1. The smallest absolute Gasteiger partial charge is 0.252 e. The molecular weight excluding hydrogens is 288 g/mol. The van der Waals surface area contributed by atoms with Crippen LogP contribution in [0.5, 0.6) is 0 Å². The van der Waals surface area contributed by atoms with Crippen LogP contribution < -0.4 is 5.32 Å². The second-order valence-electron chi connectivity index (χ2n) is 6.00. The predicted molar refractivity (Wildman–Crippen MR) is 90.3 cm³/mol. The van der Waals surface area contributed by atoms with Crippen molar-refractivity contribution in [1.82, 2.24) is 10.3 Å². The Hall–Kier alpha value is -2.20. The van der Waals surface area contributed by atoms with E-state index in [1.54, 1.807) is 6.20 Å². The summed E-state index contributed by atoms with van der Waals surface area (Å²) in [6.45, 7) is 3.42. The van der Waals surface area contributed by atoms with Gasteiger partial charge in [0, 0.05) is 24.9 Å². The molecule has 120 valence electrons. The van der Waals surface area contributed by atoms with Crippen LogP contribution in [0, 0.1) is 6.92 Å². The Kier molecular flexibility index (Phi) is 5.03. The molecule has 0 aliphatic carbocycles. The first-order valence-corrected chi connectivity index (χ1v) is 8.15. The van der Waals surface area contributed by atoms with Gasteiger partial charge in [-0.2, -0.15) is 0 Å². The SMILES string of the molecule is Cc1cccc(-c2ccc(C(=O)NCC3CCCCO3)cn2)c1. The molecule has 0 spiro atoms. The van der Waals surface area contributed by atoms with Crippen LogP contribution in [0.25, 0.3) is 11.3 Å². The minimum Gasteiger partial charge on any atom is -0.376 e. The number of nitrogens with one attached hydrogen (secondary N) is 1. The Bertz CT molecular complexity index is 661. The first kappa shape index (κ1) is 15.7. The highest BCUT2D eigenvalue weighted by atomic mass is 16.5.